The van der Waals surface area contributed by atoms with Crippen LogP contribution < -0.4 is 10.2 Å². The first-order chi connectivity index (χ1) is 12.6. The van der Waals surface area contributed by atoms with Gasteiger partial charge in [-0.3, -0.25) is 9.48 Å². The zero-order chi connectivity index (χ0) is 18.1. The number of nitrogens with zero attached hydrogens (tertiary/aromatic N) is 4. The van der Waals surface area contributed by atoms with E-state index in [1.807, 2.05) is 36.5 Å². The monoisotopic (exact) mass is 355 g/mol. The second kappa shape index (κ2) is 6.99. The van der Waals surface area contributed by atoms with Gasteiger partial charge in [-0.15, -0.1) is 0 Å². The van der Waals surface area contributed by atoms with Gasteiger partial charge in [0.2, 0.25) is 5.91 Å². The van der Waals surface area contributed by atoms with Crippen molar-refractivity contribution in [1.82, 2.24) is 20.0 Å². The predicted octanol–water partition coefficient (Wildman–Crippen LogP) is 0.777. The molecule has 26 heavy (non-hydrogen) atoms. The van der Waals surface area contributed by atoms with E-state index >= 15 is 0 Å². The van der Waals surface area contributed by atoms with Crippen LogP contribution in [0.4, 0.5) is 5.69 Å². The zero-order valence-corrected chi connectivity index (χ0v) is 15.0. The second-order valence-corrected chi connectivity index (χ2v) is 7.15. The molecule has 0 radical (unpaired) electrons. The lowest BCUT2D eigenvalue weighted by Crippen LogP contribution is -2.51. The summed E-state index contributed by atoms with van der Waals surface area (Å²) in [4.78, 5) is 17.3. The minimum Gasteiger partial charge on any atom is -0.508 e. The predicted molar refractivity (Wildman–Crippen MR) is 99.2 cm³/mol. The number of hydrogen-bond acceptors (Lipinski definition) is 5. The number of amides is 1. The number of piperazine rings is 1. The number of nitrogens with one attached hydrogen (secondary N) is 1. The number of aromatic nitrogens is 2. The number of benzene rings is 1. The van der Waals surface area contributed by atoms with E-state index in [1.54, 1.807) is 16.8 Å². The number of aromatic hydroxyl groups is 1. The summed E-state index contributed by atoms with van der Waals surface area (Å²) < 4.78 is 1.80. The van der Waals surface area contributed by atoms with Crippen LogP contribution in [0.3, 0.4) is 0 Å². The minimum absolute atomic E-state index is 0.0144. The number of carbonyl (C=O) groups excluding carboxylic acids is 1. The second-order valence-electron chi connectivity index (χ2n) is 7.15. The molecule has 2 saturated heterocycles. The van der Waals surface area contributed by atoms with Gasteiger partial charge in [-0.2, -0.15) is 5.10 Å². The first kappa shape index (κ1) is 16.9. The molecule has 2 atom stereocenters. The van der Waals surface area contributed by atoms with Crippen molar-refractivity contribution in [2.45, 2.75) is 5.92 Å². The van der Waals surface area contributed by atoms with Gasteiger partial charge in [0, 0.05) is 64.1 Å². The van der Waals surface area contributed by atoms with Gasteiger partial charge in [0.15, 0.2) is 0 Å². The average Bonchev–Trinajstić information content (AvgIpc) is 3.30. The van der Waals surface area contributed by atoms with E-state index in [0.717, 1.165) is 50.5 Å². The van der Waals surface area contributed by atoms with Gasteiger partial charge in [0.05, 0.1) is 12.1 Å². The fourth-order valence-electron chi connectivity index (χ4n) is 4.00. The fraction of sp³-hybridized carbons (Fsp3) is 0.474. The van der Waals surface area contributed by atoms with Crippen LogP contribution in [0.25, 0.3) is 0 Å². The summed E-state index contributed by atoms with van der Waals surface area (Å²) in [6, 6.07) is 7.25. The van der Waals surface area contributed by atoms with E-state index in [9.17, 15) is 9.90 Å². The van der Waals surface area contributed by atoms with Crippen molar-refractivity contribution in [3.8, 4) is 5.75 Å². The number of phenols is 1. The van der Waals surface area contributed by atoms with Crippen molar-refractivity contribution in [3.05, 3.63) is 42.2 Å². The molecule has 2 aliphatic rings. The van der Waals surface area contributed by atoms with Crippen LogP contribution in [0.15, 0.2) is 36.7 Å². The Hall–Kier alpha value is -2.54. The van der Waals surface area contributed by atoms with Gasteiger partial charge in [0.1, 0.15) is 5.75 Å². The summed E-state index contributed by atoms with van der Waals surface area (Å²) in [5.41, 5.74) is 2.23. The maximum absolute atomic E-state index is 13.1. The molecule has 4 rings (SSSR count). The third-order valence-electron chi connectivity index (χ3n) is 5.49. The highest BCUT2D eigenvalue weighted by Gasteiger charge is 2.37. The zero-order valence-electron chi connectivity index (χ0n) is 15.0. The van der Waals surface area contributed by atoms with Gasteiger partial charge in [-0.1, -0.05) is 0 Å². The Morgan fingerprint density at radius 3 is 2.54 bits per heavy atom. The Kier molecular flexibility index (Phi) is 4.55. The van der Waals surface area contributed by atoms with Crippen molar-refractivity contribution in [2.75, 3.05) is 44.2 Å². The molecule has 2 fully saturated rings. The Bertz CT molecular complexity index is 764. The molecule has 0 saturated carbocycles. The molecule has 2 N–H and O–H groups in total. The van der Waals surface area contributed by atoms with E-state index in [1.165, 1.54) is 0 Å². The summed E-state index contributed by atoms with van der Waals surface area (Å²) in [5.74, 6) is 0.706. The van der Waals surface area contributed by atoms with Crippen LogP contribution in [-0.4, -0.2) is 65.0 Å². The molecule has 0 bridgehead atoms. The molecule has 7 heteroatoms. The van der Waals surface area contributed by atoms with E-state index < -0.39 is 0 Å². The van der Waals surface area contributed by atoms with Gasteiger partial charge < -0.3 is 20.2 Å². The van der Waals surface area contributed by atoms with Crippen molar-refractivity contribution >= 4 is 11.6 Å². The highest BCUT2D eigenvalue weighted by atomic mass is 16.3. The van der Waals surface area contributed by atoms with Gasteiger partial charge in [0.25, 0.3) is 0 Å². The SMILES string of the molecule is Cn1cc([C@H]2CNC[C@@H]2C(=O)N2CCN(c3ccc(O)cc3)CC2)cn1. The van der Waals surface area contributed by atoms with Gasteiger partial charge >= 0.3 is 0 Å². The first-order valence-electron chi connectivity index (χ1n) is 9.14. The third kappa shape index (κ3) is 3.26. The molecule has 0 spiro atoms. The molecule has 1 amide bonds. The molecule has 2 aromatic rings. The van der Waals surface area contributed by atoms with E-state index in [-0.39, 0.29) is 23.5 Å². The summed E-state index contributed by atoms with van der Waals surface area (Å²) in [5, 5.41) is 17.1. The molecule has 0 unspecified atom stereocenters. The van der Waals surface area contributed by atoms with Crippen molar-refractivity contribution in [1.29, 1.82) is 0 Å². The largest absolute Gasteiger partial charge is 0.508 e. The number of anilines is 1. The van der Waals surface area contributed by atoms with E-state index in [4.69, 9.17) is 0 Å². The van der Waals surface area contributed by atoms with Crippen molar-refractivity contribution < 1.29 is 9.90 Å². The normalized spacial score (nSPS) is 23.4. The molecule has 138 valence electrons. The van der Waals surface area contributed by atoms with Crippen LogP contribution in [0.2, 0.25) is 0 Å². The molecular formula is C19H25N5O2. The maximum atomic E-state index is 13.1. The lowest BCUT2D eigenvalue weighted by atomic mass is 9.89. The van der Waals surface area contributed by atoms with Crippen LogP contribution in [0.5, 0.6) is 5.75 Å². The standard InChI is InChI=1S/C19H25N5O2/c1-22-13-14(10-21-22)17-11-20-12-18(17)19(26)24-8-6-23(7-9-24)15-2-4-16(25)5-3-15/h2-5,10,13,17-18,20,25H,6-9,11-12H2,1H3/t17-,18+/m1/s1. The molecule has 2 aliphatic heterocycles. The number of aryl methyl sites for hydroxylation is 1. The number of carbonyl (C=O) groups is 1. The Balaban J connectivity index is 1.39. The topological polar surface area (TPSA) is 73.6 Å². The molecule has 3 heterocycles. The summed E-state index contributed by atoms with van der Waals surface area (Å²) in [7, 11) is 1.91. The van der Waals surface area contributed by atoms with Crippen LogP contribution in [-0.2, 0) is 11.8 Å². The highest BCUT2D eigenvalue weighted by Crippen LogP contribution is 2.30. The number of hydrogen-bond donors (Lipinski definition) is 2. The van der Waals surface area contributed by atoms with Gasteiger partial charge in [-0.25, -0.2) is 0 Å². The average molecular weight is 355 g/mol. The van der Waals surface area contributed by atoms with Gasteiger partial charge in [-0.05, 0) is 29.8 Å². The van der Waals surface area contributed by atoms with Crippen molar-refractivity contribution in [2.24, 2.45) is 13.0 Å². The summed E-state index contributed by atoms with van der Waals surface area (Å²) >= 11 is 0. The molecule has 7 nitrogen and oxygen atoms in total. The van der Waals surface area contributed by atoms with Crippen LogP contribution in [0.1, 0.15) is 11.5 Å². The molecule has 0 aliphatic carbocycles. The smallest absolute Gasteiger partial charge is 0.227 e. The highest BCUT2D eigenvalue weighted by molar-refractivity contribution is 5.81. The first-order valence-corrected chi connectivity index (χ1v) is 9.14. The Morgan fingerprint density at radius 2 is 1.88 bits per heavy atom. The fourth-order valence-corrected chi connectivity index (χ4v) is 4.00. The lowest BCUT2D eigenvalue weighted by Gasteiger charge is -2.37. The molecule has 1 aromatic heterocycles. The molecule has 1 aromatic carbocycles. The Morgan fingerprint density at radius 1 is 1.15 bits per heavy atom. The third-order valence-corrected chi connectivity index (χ3v) is 5.49. The van der Waals surface area contributed by atoms with E-state index in [0.29, 0.717) is 0 Å². The Labute approximate surface area is 153 Å². The van der Waals surface area contributed by atoms with Crippen LogP contribution in [0, 0.1) is 5.92 Å². The quantitative estimate of drug-likeness (QED) is 0.851. The van der Waals surface area contributed by atoms with Crippen molar-refractivity contribution in [3.63, 3.8) is 0 Å². The number of rotatable bonds is 3. The number of phenolic OH excluding ortho intramolecular Hbond substituents is 1. The van der Waals surface area contributed by atoms with E-state index in [2.05, 4.69) is 15.3 Å². The maximum Gasteiger partial charge on any atom is 0.227 e. The minimum atomic E-state index is -0.0144. The molecular weight excluding hydrogens is 330 g/mol. The summed E-state index contributed by atoms with van der Waals surface area (Å²) in [6.07, 6.45) is 3.89. The van der Waals surface area contributed by atoms with Crippen LogP contribution >= 0.6 is 0 Å². The summed E-state index contributed by atoms with van der Waals surface area (Å²) in [6.45, 7) is 4.65. The lowest BCUT2D eigenvalue weighted by molar-refractivity contribution is -0.135.